The van der Waals surface area contributed by atoms with Gasteiger partial charge in [0.25, 0.3) is 0 Å². The minimum Gasteiger partial charge on any atom is -0.398 e. The summed E-state index contributed by atoms with van der Waals surface area (Å²) in [6.07, 6.45) is 5.16. The monoisotopic (exact) mass is 231 g/mol. The molecule has 16 heavy (non-hydrogen) atoms. The molecule has 0 spiro atoms. The molecular formula is C12H13N3S. The van der Waals surface area contributed by atoms with Crippen LogP contribution in [0, 0.1) is 6.92 Å². The molecule has 0 bridgehead atoms. The number of benzene rings is 1. The van der Waals surface area contributed by atoms with Gasteiger partial charge in [-0.05, 0) is 18.6 Å². The van der Waals surface area contributed by atoms with Crippen LogP contribution in [0.2, 0.25) is 0 Å². The van der Waals surface area contributed by atoms with E-state index in [-0.39, 0.29) is 0 Å². The molecule has 1 aromatic carbocycles. The number of nitrogens with two attached hydrogens (primary N) is 1. The Morgan fingerprint density at radius 3 is 2.94 bits per heavy atom. The molecule has 0 atom stereocenters. The van der Waals surface area contributed by atoms with Gasteiger partial charge in [-0.15, -0.1) is 11.8 Å². The molecule has 0 radical (unpaired) electrons. The predicted octanol–water partition coefficient (Wildman–Crippen LogP) is 2.66. The van der Waals surface area contributed by atoms with E-state index >= 15 is 0 Å². The maximum atomic E-state index is 5.99. The molecule has 0 aliphatic carbocycles. The number of aryl methyl sites for hydroxylation is 1. The van der Waals surface area contributed by atoms with Crippen LogP contribution in [0.15, 0.2) is 41.7 Å². The highest BCUT2D eigenvalue weighted by Crippen LogP contribution is 2.29. The van der Waals surface area contributed by atoms with Gasteiger partial charge >= 0.3 is 0 Å². The van der Waals surface area contributed by atoms with Crippen molar-refractivity contribution in [2.24, 2.45) is 0 Å². The van der Waals surface area contributed by atoms with E-state index < -0.39 is 0 Å². The molecule has 0 saturated heterocycles. The Morgan fingerprint density at radius 2 is 2.19 bits per heavy atom. The lowest BCUT2D eigenvalue weighted by Gasteiger charge is -2.07. The predicted molar refractivity (Wildman–Crippen MR) is 67.2 cm³/mol. The van der Waals surface area contributed by atoms with Crippen LogP contribution < -0.4 is 5.73 Å². The van der Waals surface area contributed by atoms with Crippen LogP contribution >= 0.6 is 11.8 Å². The number of anilines is 1. The molecule has 0 fully saturated rings. The van der Waals surface area contributed by atoms with Gasteiger partial charge < -0.3 is 5.73 Å². The molecule has 2 aromatic rings. The summed E-state index contributed by atoms with van der Waals surface area (Å²) in [5.74, 6) is 0.793. The maximum Gasteiger partial charge on any atom is 0.0689 e. The lowest BCUT2D eigenvalue weighted by molar-refractivity contribution is 1.10. The van der Waals surface area contributed by atoms with Crippen LogP contribution in [-0.2, 0) is 5.75 Å². The highest BCUT2D eigenvalue weighted by atomic mass is 32.2. The summed E-state index contributed by atoms with van der Waals surface area (Å²) in [7, 11) is 0. The first-order valence-corrected chi connectivity index (χ1v) is 5.98. The molecule has 0 saturated carbocycles. The smallest absolute Gasteiger partial charge is 0.0689 e. The van der Waals surface area contributed by atoms with Gasteiger partial charge in [0.2, 0.25) is 0 Å². The largest absolute Gasteiger partial charge is 0.398 e. The number of nitrogens with zero attached hydrogens (tertiary/aromatic N) is 2. The fourth-order valence-electron chi connectivity index (χ4n) is 1.34. The molecule has 1 aromatic heterocycles. The first-order chi connectivity index (χ1) is 7.77. The second-order valence-electron chi connectivity index (χ2n) is 3.47. The van der Waals surface area contributed by atoms with Gasteiger partial charge in [0.1, 0.15) is 0 Å². The maximum absolute atomic E-state index is 5.99. The van der Waals surface area contributed by atoms with E-state index in [2.05, 4.69) is 9.97 Å². The van der Waals surface area contributed by atoms with Gasteiger partial charge in [-0.2, -0.15) is 0 Å². The molecule has 0 aliphatic rings. The van der Waals surface area contributed by atoms with Crippen LogP contribution in [0.5, 0.6) is 0 Å². The second-order valence-corrected chi connectivity index (χ2v) is 4.49. The molecule has 2 N–H and O–H groups in total. The van der Waals surface area contributed by atoms with Gasteiger partial charge in [-0.25, -0.2) is 0 Å². The van der Waals surface area contributed by atoms with Crippen molar-refractivity contribution in [2.45, 2.75) is 17.6 Å². The zero-order chi connectivity index (χ0) is 11.4. The summed E-state index contributed by atoms with van der Waals surface area (Å²) >= 11 is 1.69. The van der Waals surface area contributed by atoms with Gasteiger partial charge in [-0.1, -0.05) is 12.1 Å². The molecule has 4 heteroatoms. The Labute approximate surface area is 99.1 Å². The Balaban J connectivity index is 2.08. The number of rotatable bonds is 3. The van der Waals surface area contributed by atoms with E-state index in [0.717, 1.165) is 27.6 Å². The highest BCUT2D eigenvalue weighted by Gasteiger charge is 2.03. The highest BCUT2D eigenvalue weighted by molar-refractivity contribution is 7.98. The molecular weight excluding hydrogens is 218 g/mol. The van der Waals surface area contributed by atoms with Crippen molar-refractivity contribution in [1.82, 2.24) is 9.97 Å². The van der Waals surface area contributed by atoms with Crippen molar-refractivity contribution in [3.63, 3.8) is 0 Å². The van der Waals surface area contributed by atoms with E-state index in [1.807, 2.05) is 25.1 Å². The minimum absolute atomic E-state index is 0.793. The molecule has 0 aliphatic heterocycles. The summed E-state index contributed by atoms with van der Waals surface area (Å²) in [5, 5.41) is 0. The number of hydrogen-bond acceptors (Lipinski definition) is 4. The Kier molecular flexibility index (Phi) is 3.41. The third-order valence-electron chi connectivity index (χ3n) is 2.28. The van der Waals surface area contributed by atoms with Crippen molar-refractivity contribution < 1.29 is 0 Å². The normalized spacial score (nSPS) is 10.3. The Bertz CT molecular complexity index is 471. The van der Waals surface area contributed by atoms with E-state index in [9.17, 15) is 0 Å². The van der Waals surface area contributed by atoms with Gasteiger partial charge in [0.05, 0.1) is 5.69 Å². The zero-order valence-corrected chi connectivity index (χ0v) is 9.87. The molecule has 82 valence electrons. The van der Waals surface area contributed by atoms with Crippen molar-refractivity contribution in [3.8, 4) is 0 Å². The van der Waals surface area contributed by atoms with Crippen LogP contribution in [-0.4, -0.2) is 9.97 Å². The summed E-state index contributed by atoms with van der Waals surface area (Å²) in [6.45, 7) is 2.02. The van der Waals surface area contributed by atoms with Gasteiger partial charge in [0.15, 0.2) is 0 Å². The zero-order valence-electron chi connectivity index (χ0n) is 9.05. The fraction of sp³-hybridized carbons (Fsp3) is 0.167. The number of hydrogen-bond donors (Lipinski definition) is 1. The standard InChI is InChI=1S/C12H13N3S/c1-9-3-2-4-11(12(9)13)16-8-10-7-14-5-6-15-10/h2-7H,8,13H2,1H3. The second kappa shape index (κ2) is 4.99. The average molecular weight is 231 g/mol. The van der Waals surface area contributed by atoms with Crippen molar-refractivity contribution in [3.05, 3.63) is 48.0 Å². The summed E-state index contributed by atoms with van der Waals surface area (Å²) in [5.41, 5.74) is 8.93. The Hall–Kier alpha value is -1.55. The van der Waals surface area contributed by atoms with Gasteiger partial charge in [0, 0.05) is 34.9 Å². The Morgan fingerprint density at radius 1 is 1.31 bits per heavy atom. The number of thioether (sulfide) groups is 1. The molecule has 0 amide bonds. The van der Waals surface area contributed by atoms with Crippen molar-refractivity contribution in [2.75, 3.05) is 5.73 Å². The van der Waals surface area contributed by atoms with Crippen LogP contribution in [0.4, 0.5) is 5.69 Å². The molecule has 2 rings (SSSR count). The van der Waals surface area contributed by atoms with Crippen LogP contribution in [0.25, 0.3) is 0 Å². The van der Waals surface area contributed by atoms with E-state index in [0.29, 0.717) is 0 Å². The van der Waals surface area contributed by atoms with E-state index in [1.54, 1.807) is 30.4 Å². The summed E-state index contributed by atoms with van der Waals surface area (Å²) in [6, 6.07) is 6.07. The van der Waals surface area contributed by atoms with Gasteiger partial charge in [-0.3, -0.25) is 9.97 Å². The topological polar surface area (TPSA) is 51.8 Å². The van der Waals surface area contributed by atoms with E-state index in [1.165, 1.54) is 0 Å². The summed E-state index contributed by atoms with van der Waals surface area (Å²) in [4.78, 5) is 9.35. The van der Waals surface area contributed by atoms with Crippen molar-refractivity contribution in [1.29, 1.82) is 0 Å². The molecule has 1 heterocycles. The van der Waals surface area contributed by atoms with Crippen molar-refractivity contribution >= 4 is 17.4 Å². The fourth-order valence-corrected chi connectivity index (χ4v) is 2.28. The lowest BCUT2D eigenvalue weighted by atomic mass is 10.2. The molecule has 0 unspecified atom stereocenters. The third kappa shape index (κ3) is 2.52. The van der Waals surface area contributed by atoms with Crippen LogP contribution in [0.3, 0.4) is 0 Å². The van der Waals surface area contributed by atoms with E-state index in [4.69, 9.17) is 5.73 Å². The van der Waals surface area contributed by atoms with Crippen LogP contribution in [0.1, 0.15) is 11.3 Å². The number of para-hydroxylation sites is 1. The third-order valence-corrected chi connectivity index (χ3v) is 3.38. The first-order valence-electron chi connectivity index (χ1n) is 5.00. The first kappa shape index (κ1) is 11.0. The number of nitrogen functional groups attached to an aromatic ring is 1. The SMILES string of the molecule is Cc1cccc(SCc2cnccn2)c1N. The molecule has 3 nitrogen and oxygen atoms in total. The number of aromatic nitrogens is 2. The average Bonchev–Trinajstić information content (AvgIpc) is 2.32. The minimum atomic E-state index is 0.793. The summed E-state index contributed by atoms with van der Waals surface area (Å²) < 4.78 is 0. The quantitative estimate of drug-likeness (QED) is 0.651. The lowest BCUT2D eigenvalue weighted by Crippen LogP contribution is -1.93.